The van der Waals surface area contributed by atoms with Crippen LogP contribution in [0.4, 0.5) is 5.82 Å². The fourth-order valence-corrected chi connectivity index (χ4v) is 2.88. The number of hydrogen-bond donors (Lipinski definition) is 0. The van der Waals surface area contributed by atoms with Gasteiger partial charge in [-0.2, -0.15) is 5.10 Å². The molecule has 0 N–H and O–H groups in total. The molecule has 3 heterocycles. The van der Waals surface area contributed by atoms with Crippen LogP contribution < -0.4 is 4.90 Å². The second kappa shape index (κ2) is 6.60. The van der Waals surface area contributed by atoms with Gasteiger partial charge in [0.1, 0.15) is 11.4 Å². The molecule has 6 nitrogen and oxygen atoms in total. The minimum absolute atomic E-state index is 0.306. The lowest BCUT2D eigenvalue weighted by molar-refractivity contribution is 0.0526. The molecule has 0 amide bonds. The number of rotatable bonds is 4. The predicted molar refractivity (Wildman–Crippen MR) is 82.9 cm³/mol. The maximum absolute atomic E-state index is 12.1. The zero-order valence-corrected chi connectivity index (χ0v) is 12.7. The van der Waals surface area contributed by atoms with E-state index in [4.69, 9.17) is 4.74 Å². The van der Waals surface area contributed by atoms with Crippen LogP contribution in [0.5, 0.6) is 0 Å². The van der Waals surface area contributed by atoms with Crippen LogP contribution in [0.1, 0.15) is 36.2 Å². The molecule has 0 spiro atoms. The number of ether oxygens (including phenoxy) is 1. The van der Waals surface area contributed by atoms with Gasteiger partial charge in [0.2, 0.25) is 0 Å². The van der Waals surface area contributed by atoms with Crippen LogP contribution in [0, 0.1) is 0 Å². The first-order chi connectivity index (χ1) is 10.8. The summed E-state index contributed by atoms with van der Waals surface area (Å²) in [6, 6.07) is 5.78. The summed E-state index contributed by atoms with van der Waals surface area (Å²) in [5, 5.41) is 4.33. The Morgan fingerprint density at radius 2 is 2.32 bits per heavy atom. The number of esters is 1. The second-order valence-corrected chi connectivity index (χ2v) is 5.32. The van der Waals surface area contributed by atoms with Crippen molar-refractivity contribution in [2.75, 3.05) is 24.6 Å². The van der Waals surface area contributed by atoms with Crippen LogP contribution >= 0.6 is 0 Å². The van der Waals surface area contributed by atoms with E-state index in [1.165, 1.54) is 0 Å². The Morgan fingerprint density at radius 3 is 3.09 bits per heavy atom. The van der Waals surface area contributed by atoms with Gasteiger partial charge >= 0.3 is 5.97 Å². The highest BCUT2D eigenvalue weighted by atomic mass is 16.5. The molecule has 0 unspecified atom stereocenters. The van der Waals surface area contributed by atoms with Crippen molar-refractivity contribution in [2.45, 2.75) is 25.8 Å². The number of carbonyl (C=O) groups excluding carboxylic acids is 1. The summed E-state index contributed by atoms with van der Waals surface area (Å²) in [7, 11) is 0. The van der Waals surface area contributed by atoms with Crippen LogP contribution in [0.15, 0.2) is 36.8 Å². The van der Waals surface area contributed by atoms with Crippen LogP contribution in [-0.4, -0.2) is 40.4 Å². The topological polar surface area (TPSA) is 60.2 Å². The normalized spacial score (nSPS) is 18.2. The van der Waals surface area contributed by atoms with Crippen molar-refractivity contribution >= 4 is 11.8 Å². The number of pyridine rings is 1. The Morgan fingerprint density at radius 1 is 1.41 bits per heavy atom. The second-order valence-electron chi connectivity index (χ2n) is 5.32. The molecule has 0 radical (unpaired) electrons. The van der Waals surface area contributed by atoms with Gasteiger partial charge in [-0.15, -0.1) is 0 Å². The average molecular weight is 300 g/mol. The van der Waals surface area contributed by atoms with Gasteiger partial charge in [0.05, 0.1) is 12.6 Å². The monoisotopic (exact) mass is 300 g/mol. The molecule has 2 aromatic heterocycles. The average Bonchev–Trinajstić information content (AvgIpc) is 3.10. The Balaban J connectivity index is 1.83. The maximum atomic E-state index is 12.1. The molecule has 1 aliphatic heterocycles. The first-order valence-corrected chi connectivity index (χ1v) is 7.65. The Kier molecular flexibility index (Phi) is 4.37. The lowest BCUT2D eigenvalue weighted by Crippen LogP contribution is -2.38. The summed E-state index contributed by atoms with van der Waals surface area (Å²) in [6.07, 6.45) is 7.63. The molecule has 1 aliphatic rings. The number of carbonyl (C=O) groups is 1. The SMILES string of the molecule is CCOC(=O)c1cccnc1N1CCC[C@H](n2cccn2)C1. The first kappa shape index (κ1) is 14.6. The molecule has 1 atom stereocenters. The molecule has 3 rings (SSSR count). The molecule has 0 bridgehead atoms. The predicted octanol–water partition coefficient (Wildman–Crippen LogP) is 2.30. The Hall–Kier alpha value is -2.37. The van der Waals surface area contributed by atoms with Crippen molar-refractivity contribution in [3.8, 4) is 0 Å². The van der Waals surface area contributed by atoms with E-state index in [0.29, 0.717) is 24.0 Å². The first-order valence-electron chi connectivity index (χ1n) is 7.65. The van der Waals surface area contributed by atoms with E-state index in [2.05, 4.69) is 15.0 Å². The van der Waals surface area contributed by atoms with Crippen molar-refractivity contribution in [1.29, 1.82) is 0 Å². The van der Waals surface area contributed by atoms with Crippen molar-refractivity contribution in [3.63, 3.8) is 0 Å². The number of hydrogen-bond acceptors (Lipinski definition) is 5. The van der Waals surface area contributed by atoms with Crippen molar-refractivity contribution in [1.82, 2.24) is 14.8 Å². The zero-order valence-electron chi connectivity index (χ0n) is 12.7. The highest BCUT2D eigenvalue weighted by molar-refractivity contribution is 5.94. The summed E-state index contributed by atoms with van der Waals surface area (Å²) in [5.41, 5.74) is 0.533. The molecular formula is C16H20N4O2. The number of piperidine rings is 1. The standard InChI is InChI=1S/C16H20N4O2/c1-2-22-16(21)14-7-3-8-17-15(14)19-10-4-6-13(12-19)20-11-5-9-18-20/h3,5,7-9,11,13H,2,4,6,10,12H2,1H3/t13-/m0/s1. The van der Waals surface area contributed by atoms with E-state index in [1.54, 1.807) is 24.5 Å². The summed E-state index contributed by atoms with van der Waals surface area (Å²) in [6.45, 7) is 3.86. The van der Waals surface area contributed by atoms with Crippen LogP contribution in [0.3, 0.4) is 0 Å². The zero-order chi connectivity index (χ0) is 15.4. The number of nitrogens with zero attached hydrogens (tertiary/aromatic N) is 4. The van der Waals surface area contributed by atoms with Gasteiger partial charge in [-0.25, -0.2) is 9.78 Å². The van der Waals surface area contributed by atoms with Crippen molar-refractivity contribution in [3.05, 3.63) is 42.4 Å². The molecule has 2 aromatic rings. The fourth-order valence-electron chi connectivity index (χ4n) is 2.88. The van der Waals surface area contributed by atoms with E-state index in [0.717, 1.165) is 25.9 Å². The molecule has 116 valence electrons. The van der Waals surface area contributed by atoms with Crippen molar-refractivity contribution < 1.29 is 9.53 Å². The molecule has 1 fully saturated rings. The molecule has 0 saturated carbocycles. The van der Waals surface area contributed by atoms with E-state index < -0.39 is 0 Å². The van der Waals surface area contributed by atoms with Gasteiger partial charge in [-0.1, -0.05) is 0 Å². The van der Waals surface area contributed by atoms with Crippen molar-refractivity contribution in [2.24, 2.45) is 0 Å². The molecule has 1 saturated heterocycles. The van der Waals surface area contributed by atoms with Gasteiger partial charge in [0, 0.05) is 31.7 Å². The number of aromatic nitrogens is 3. The van der Waals surface area contributed by atoms with E-state index in [-0.39, 0.29) is 5.97 Å². The van der Waals surface area contributed by atoms with Crippen LogP contribution in [0.25, 0.3) is 0 Å². The molecule has 6 heteroatoms. The van der Waals surface area contributed by atoms with Gasteiger partial charge in [-0.3, -0.25) is 4.68 Å². The smallest absolute Gasteiger partial charge is 0.341 e. The summed E-state index contributed by atoms with van der Waals surface area (Å²) in [5.74, 6) is 0.393. The quantitative estimate of drug-likeness (QED) is 0.811. The molecule has 0 aromatic carbocycles. The minimum Gasteiger partial charge on any atom is -0.462 e. The van der Waals surface area contributed by atoms with Gasteiger partial charge in [-0.05, 0) is 38.0 Å². The summed E-state index contributed by atoms with van der Waals surface area (Å²) in [4.78, 5) is 18.7. The highest BCUT2D eigenvalue weighted by Gasteiger charge is 2.26. The van der Waals surface area contributed by atoms with E-state index in [1.807, 2.05) is 23.9 Å². The van der Waals surface area contributed by atoms with E-state index in [9.17, 15) is 4.79 Å². The maximum Gasteiger partial charge on any atom is 0.341 e. The van der Waals surface area contributed by atoms with Gasteiger partial charge < -0.3 is 9.64 Å². The number of anilines is 1. The lowest BCUT2D eigenvalue weighted by Gasteiger charge is -2.34. The summed E-state index contributed by atoms with van der Waals surface area (Å²) < 4.78 is 7.12. The third kappa shape index (κ3) is 2.95. The molecule has 22 heavy (non-hydrogen) atoms. The highest BCUT2D eigenvalue weighted by Crippen LogP contribution is 2.27. The van der Waals surface area contributed by atoms with Crippen LogP contribution in [0.2, 0.25) is 0 Å². The lowest BCUT2D eigenvalue weighted by atomic mass is 10.1. The fraction of sp³-hybridized carbons (Fsp3) is 0.438. The Bertz CT molecular complexity index is 627. The molecule has 0 aliphatic carbocycles. The summed E-state index contributed by atoms with van der Waals surface area (Å²) >= 11 is 0. The third-order valence-electron chi connectivity index (χ3n) is 3.88. The Labute approximate surface area is 129 Å². The van der Waals surface area contributed by atoms with Gasteiger partial charge in [0.25, 0.3) is 0 Å². The van der Waals surface area contributed by atoms with Crippen LogP contribution in [-0.2, 0) is 4.74 Å². The molecular weight excluding hydrogens is 280 g/mol. The third-order valence-corrected chi connectivity index (χ3v) is 3.88. The largest absolute Gasteiger partial charge is 0.462 e. The minimum atomic E-state index is -0.313. The van der Waals surface area contributed by atoms with E-state index >= 15 is 0 Å². The van der Waals surface area contributed by atoms with Gasteiger partial charge in [0.15, 0.2) is 0 Å².